The Labute approximate surface area is 166 Å². The molecule has 0 spiro atoms. The van der Waals surface area contributed by atoms with E-state index in [1.807, 2.05) is 30.3 Å². The lowest BCUT2D eigenvalue weighted by Gasteiger charge is -2.23. The van der Waals surface area contributed by atoms with E-state index in [2.05, 4.69) is 0 Å². The second-order valence-corrected chi connectivity index (χ2v) is 6.36. The van der Waals surface area contributed by atoms with Crippen molar-refractivity contribution in [2.45, 2.75) is 18.7 Å². The third kappa shape index (κ3) is 5.60. The summed E-state index contributed by atoms with van der Waals surface area (Å²) in [4.78, 5) is 11.1. The van der Waals surface area contributed by atoms with Gasteiger partial charge in [-0.05, 0) is 23.8 Å². The number of ether oxygens (including phenoxy) is 2. The maximum absolute atomic E-state index is 13.6. The van der Waals surface area contributed by atoms with Crippen LogP contribution in [-0.2, 0) is 6.42 Å². The summed E-state index contributed by atoms with van der Waals surface area (Å²) in [6.07, 6.45) is -5.69. The van der Waals surface area contributed by atoms with Gasteiger partial charge in [-0.3, -0.25) is 4.79 Å². The topological polar surface area (TPSA) is 35.5 Å². The Balaban J connectivity index is 1.83. The van der Waals surface area contributed by atoms with E-state index in [4.69, 9.17) is 9.47 Å². The molecule has 0 radical (unpaired) electrons. The first-order valence-corrected chi connectivity index (χ1v) is 9.01. The van der Waals surface area contributed by atoms with Gasteiger partial charge in [0.05, 0.1) is 6.61 Å². The van der Waals surface area contributed by atoms with Crippen LogP contribution >= 0.6 is 0 Å². The predicted octanol–water partition coefficient (Wildman–Crippen LogP) is 5.80. The fourth-order valence-electron chi connectivity index (χ4n) is 2.81. The summed E-state index contributed by atoms with van der Waals surface area (Å²) in [5, 5.41) is 0. The van der Waals surface area contributed by atoms with Gasteiger partial charge in [0, 0.05) is 17.5 Å². The average Bonchev–Trinajstić information content (AvgIpc) is 2.73. The summed E-state index contributed by atoms with van der Waals surface area (Å²) in [7, 11) is 0. The SMILES string of the molecule is O=Cc1ccc(OCCc2ccccc2)c(O[C@H](c2ccccc2)C(F)(F)F)c1. The Bertz CT molecular complexity index is 925. The molecule has 0 aromatic heterocycles. The zero-order valence-corrected chi connectivity index (χ0v) is 15.4. The molecule has 3 aromatic rings. The number of alkyl halides is 3. The van der Waals surface area contributed by atoms with Crippen molar-refractivity contribution in [1.29, 1.82) is 0 Å². The normalized spacial score (nSPS) is 12.2. The highest BCUT2D eigenvalue weighted by Gasteiger charge is 2.43. The first-order valence-electron chi connectivity index (χ1n) is 9.01. The van der Waals surface area contributed by atoms with Gasteiger partial charge in [0.1, 0.15) is 6.29 Å². The monoisotopic (exact) mass is 400 g/mol. The van der Waals surface area contributed by atoms with E-state index in [-0.39, 0.29) is 29.2 Å². The number of benzene rings is 3. The zero-order chi connectivity index (χ0) is 20.7. The van der Waals surface area contributed by atoms with Crippen molar-refractivity contribution in [1.82, 2.24) is 0 Å². The van der Waals surface area contributed by atoms with Gasteiger partial charge < -0.3 is 9.47 Å². The second kappa shape index (κ2) is 9.28. The molecule has 3 aromatic carbocycles. The predicted molar refractivity (Wildman–Crippen MR) is 103 cm³/mol. The highest BCUT2D eigenvalue weighted by atomic mass is 19.4. The molecule has 6 heteroatoms. The first-order chi connectivity index (χ1) is 14.0. The van der Waals surface area contributed by atoms with Crippen LogP contribution < -0.4 is 9.47 Å². The molecule has 1 atom stereocenters. The van der Waals surface area contributed by atoms with Crippen LogP contribution in [0.1, 0.15) is 27.6 Å². The van der Waals surface area contributed by atoms with E-state index < -0.39 is 12.3 Å². The van der Waals surface area contributed by atoms with Gasteiger partial charge in [0.2, 0.25) is 6.10 Å². The summed E-state index contributed by atoms with van der Waals surface area (Å²) in [5.74, 6) is 0.0190. The Morgan fingerprint density at radius 2 is 1.52 bits per heavy atom. The van der Waals surface area contributed by atoms with Gasteiger partial charge in [-0.25, -0.2) is 0 Å². The Kier molecular flexibility index (Phi) is 6.54. The fraction of sp³-hybridized carbons (Fsp3) is 0.174. The molecule has 0 aliphatic heterocycles. The lowest BCUT2D eigenvalue weighted by molar-refractivity contribution is -0.198. The molecule has 29 heavy (non-hydrogen) atoms. The molecule has 0 fully saturated rings. The molecule has 0 unspecified atom stereocenters. The molecule has 0 heterocycles. The van der Waals surface area contributed by atoms with Crippen molar-refractivity contribution >= 4 is 6.29 Å². The number of aldehydes is 1. The van der Waals surface area contributed by atoms with E-state index in [1.165, 1.54) is 42.5 Å². The van der Waals surface area contributed by atoms with Crippen LogP contribution in [0.5, 0.6) is 11.5 Å². The first kappa shape index (κ1) is 20.5. The van der Waals surface area contributed by atoms with Gasteiger partial charge in [-0.2, -0.15) is 13.2 Å². The van der Waals surface area contributed by atoms with Crippen LogP contribution in [0.2, 0.25) is 0 Å². The molecule has 150 valence electrons. The Hall–Kier alpha value is -3.28. The maximum Gasteiger partial charge on any atom is 0.429 e. The van der Waals surface area contributed by atoms with Crippen LogP contribution in [0.15, 0.2) is 78.9 Å². The number of carbonyl (C=O) groups is 1. The molecule has 0 aliphatic rings. The van der Waals surface area contributed by atoms with Gasteiger partial charge in [-0.1, -0.05) is 60.7 Å². The quantitative estimate of drug-likeness (QED) is 0.448. The van der Waals surface area contributed by atoms with Gasteiger partial charge in [0.15, 0.2) is 11.5 Å². The minimum absolute atomic E-state index is 0.0354. The van der Waals surface area contributed by atoms with E-state index in [0.717, 1.165) is 5.56 Å². The minimum atomic E-state index is -4.64. The molecule has 0 saturated heterocycles. The van der Waals surface area contributed by atoms with Crippen molar-refractivity contribution in [3.8, 4) is 11.5 Å². The van der Waals surface area contributed by atoms with Crippen molar-refractivity contribution in [3.63, 3.8) is 0 Å². The van der Waals surface area contributed by atoms with Gasteiger partial charge in [0.25, 0.3) is 0 Å². The van der Waals surface area contributed by atoms with Crippen LogP contribution in [0.4, 0.5) is 13.2 Å². The zero-order valence-electron chi connectivity index (χ0n) is 15.4. The van der Waals surface area contributed by atoms with Gasteiger partial charge >= 0.3 is 6.18 Å². The van der Waals surface area contributed by atoms with Crippen LogP contribution in [0.25, 0.3) is 0 Å². The number of rotatable bonds is 8. The number of hydrogen-bond donors (Lipinski definition) is 0. The van der Waals surface area contributed by atoms with Crippen molar-refractivity contribution in [2.75, 3.05) is 6.61 Å². The Morgan fingerprint density at radius 3 is 2.14 bits per heavy atom. The van der Waals surface area contributed by atoms with Crippen molar-refractivity contribution < 1.29 is 27.4 Å². The molecular weight excluding hydrogens is 381 g/mol. The molecule has 0 aliphatic carbocycles. The van der Waals surface area contributed by atoms with Crippen molar-refractivity contribution in [2.24, 2.45) is 0 Å². The number of halogens is 3. The molecule has 3 nitrogen and oxygen atoms in total. The van der Waals surface area contributed by atoms with Crippen molar-refractivity contribution in [3.05, 3.63) is 95.6 Å². The summed E-state index contributed by atoms with van der Waals surface area (Å²) < 4.78 is 51.9. The smallest absolute Gasteiger partial charge is 0.429 e. The summed E-state index contributed by atoms with van der Waals surface area (Å²) >= 11 is 0. The highest BCUT2D eigenvalue weighted by Crippen LogP contribution is 2.40. The lowest BCUT2D eigenvalue weighted by Crippen LogP contribution is -2.26. The van der Waals surface area contributed by atoms with E-state index >= 15 is 0 Å². The molecular formula is C23H19F3O3. The molecule has 0 bridgehead atoms. The lowest BCUT2D eigenvalue weighted by atomic mass is 10.1. The maximum atomic E-state index is 13.6. The Morgan fingerprint density at radius 1 is 0.862 bits per heavy atom. The second-order valence-electron chi connectivity index (χ2n) is 6.36. The fourth-order valence-corrected chi connectivity index (χ4v) is 2.81. The molecule has 3 rings (SSSR count). The molecule has 0 saturated carbocycles. The standard InChI is InChI=1S/C23H19F3O3/c24-23(25,26)22(19-9-5-2-6-10-19)29-21-15-18(16-27)11-12-20(21)28-14-13-17-7-3-1-4-8-17/h1-12,15-16,22H,13-14H2/t22-/m1/s1. The highest BCUT2D eigenvalue weighted by molar-refractivity contribution is 5.76. The van der Waals surface area contributed by atoms with E-state index in [0.29, 0.717) is 12.7 Å². The summed E-state index contributed by atoms with van der Waals surface area (Å²) in [6, 6.07) is 21.1. The largest absolute Gasteiger partial charge is 0.489 e. The minimum Gasteiger partial charge on any atom is -0.489 e. The van der Waals surface area contributed by atoms with E-state index in [9.17, 15) is 18.0 Å². The summed E-state index contributed by atoms with van der Waals surface area (Å²) in [6.45, 7) is 0.253. The molecule has 0 N–H and O–H groups in total. The van der Waals surface area contributed by atoms with Crippen LogP contribution in [0.3, 0.4) is 0 Å². The van der Waals surface area contributed by atoms with Crippen LogP contribution in [-0.4, -0.2) is 19.1 Å². The third-order valence-corrected chi connectivity index (χ3v) is 4.24. The van der Waals surface area contributed by atoms with Gasteiger partial charge in [-0.15, -0.1) is 0 Å². The van der Waals surface area contributed by atoms with E-state index in [1.54, 1.807) is 6.07 Å². The number of hydrogen-bond acceptors (Lipinski definition) is 3. The average molecular weight is 400 g/mol. The van der Waals surface area contributed by atoms with Crippen LogP contribution in [0, 0.1) is 0 Å². The third-order valence-electron chi connectivity index (χ3n) is 4.24. The summed E-state index contributed by atoms with van der Waals surface area (Å²) in [5.41, 5.74) is 1.20. The number of carbonyl (C=O) groups excluding carboxylic acids is 1. The molecule has 0 amide bonds.